The average Bonchev–Trinajstić information content (AvgIpc) is 3.07. The van der Waals surface area contributed by atoms with Crippen molar-refractivity contribution in [2.75, 3.05) is 13.2 Å². The molecule has 9 nitrogen and oxygen atoms in total. The molecule has 1 aromatic heterocycles. The molecule has 2 aromatic carbocycles. The molecule has 0 spiro atoms. The molecule has 9 heteroatoms. The first-order chi connectivity index (χ1) is 15.0. The second-order valence-corrected chi connectivity index (χ2v) is 7.46. The zero-order valence-electron chi connectivity index (χ0n) is 17.2. The molecule has 3 aromatic rings. The Morgan fingerprint density at radius 1 is 1.23 bits per heavy atom. The van der Waals surface area contributed by atoms with Crippen LogP contribution in [0.15, 0.2) is 45.6 Å². The number of benzene rings is 2. The predicted octanol–water partition coefficient (Wildman–Crippen LogP) is 3.27. The van der Waals surface area contributed by atoms with Crippen molar-refractivity contribution in [1.82, 2.24) is 9.47 Å². The lowest BCUT2D eigenvalue weighted by atomic mass is 9.99. The highest BCUT2D eigenvalue weighted by Crippen LogP contribution is 2.25. The van der Waals surface area contributed by atoms with Gasteiger partial charge in [0.05, 0.1) is 23.1 Å². The van der Waals surface area contributed by atoms with Crippen LogP contribution < -0.4 is 10.5 Å². The molecule has 2 heterocycles. The van der Waals surface area contributed by atoms with Gasteiger partial charge in [-0.15, -0.1) is 0 Å². The van der Waals surface area contributed by atoms with E-state index < -0.39 is 10.7 Å². The summed E-state index contributed by atoms with van der Waals surface area (Å²) in [4.78, 5) is 37.0. The Morgan fingerprint density at radius 3 is 2.84 bits per heavy atom. The van der Waals surface area contributed by atoms with E-state index in [1.807, 2.05) is 24.0 Å². The summed E-state index contributed by atoms with van der Waals surface area (Å²) < 4.78 is 12.1. The Kier molecular flexibility index (Phi) is 5.75. The molecule has 0 saturated carbocycles. The Morgan fingerprint density at radius 2 is 2.06 bits per heavy atom. The van der Waals surface area contributed by atoms with Crippen LogP contribution in [0.5, 0.6) is 5.75 Å². The monoisotopic (exact) mass is 425 g/mol. The first kappa shape index (κ1) is 20.6. The number of nitro benzene ring substituents is 1. The summed E-state index contributed by atoms with van der Waals surface area (Å²) in [5, 5.41) is 10.9. The molecule has 4 rings (SSSR count). The fraction of sp³-hybridized carbons (Fsp3) is 0.364. The second-order valence-electron chi connectivity index (χ2n) is 7.46. The van der Waals surface area contributed by atoms with Crippen LogP contribution in [-0.2, 0) is 24.3 Å². The standard InChI is InChI=1S/C22H23N3O6/c1-2-30-18-7-5-15-9-11-23(14-16(15)12-18)21(26)4-3-10-24-19-8-6-17(25(28)29)13-20(19)31-22(24)27/h5-8,12-13H,2-4,9-11,14H2,1H3. The highest BCUT2D eigenvalue weighted by atomic mass is 16.6. The van der Waals surface area contributed by atoms with E-state index in [0.717, 1.165) is 17.7 Å². The summed E-state index contributed by atoms with van der Waals surface area (Å²) in [5.74, 6) is 0.254. The van der Waals surface area contributed by atoms with Crippen molar-refractivity contribution in [3.8, 4) is 5.75 Å². The van der Waals surface area contributed by atoms with E-state index in [1.165, 1.54) is 28.3 Å². The van der Waals surface area contributed by atoms with Crippen LogP contribution in [0.1, 0.15) is 30.9 Å². The highest BCUT2D eigenvalue weighted by Gasteiger charge is 2.21. The van der Waals surface area contributed by atoms with Crippen LogP contribution in [0.25, 0.3) is 11.1 Å². The van der Waals surface area contributed by atoms with Gasteiger partial charge in [0.25, 0.3) is 5.69 Å². The summed E-state index contributed by atoms with van der Waals surface area (Å²) >= 11 is 0. The van der Waals surface area contributed by atoms with E-state index in [0.29, 0.717) is 44.6 Å². The second kappa shape index (κ2) is 8.63. The van der Waals surface area contributed by atoms with Crippen LogP contribution in [0.3, 0.4) is 0 Å². The zero-order valence-corrected chi connectivity index (χ0v) is 17.2. The number of non-ortho nitro benzene ring substituents is 1. The first-order valence-corrected chi connectivity index (χ1v) is 10.3. The maximum Gasteiger partial charge on any atom is 0.419 e. The number of nitro groups is 1. The van der Waals surface area contributed by atoms with Gasteiger partial charge in [-0.25, -0.2) is 4.79 Å². The van der Waals surface area contributed by atoms with Crippen molar-refractivity contribution in [1.29, 1.82) is 0 Å². The first-order valence-electron chi connectivity index (χ1n) is 10.3. The maximum atomic E-state index is 12.7. The Bertz CT molecular complexity index is 1200. The third kappa shape index (κ3) is 4.30. The van der Waals surface area contributed by atoms with E-state index >= 15 is 0 Å². The predicted molar refractivity (Wildman–Crippen MR) is 113 cm³/mol. The number of carbonyl (C=O) groups excluding carboxylic acids is 1. The molecule has 0 aliphatic carbocycles. The molecular formula is C22H23N3O6. The molecule has 0 atom stereocenters. The lowest BCUT2D eigenvalue weighted by molar-refractivity contribution is -0.384. The van der Waals surface area contributed by atoms with Crippen LogP contribution >= 0.6 is 0 Å². The van der Waals surface area contributed by atoms with Gasteiger partial charge in [-0.3, -0.25) is 19.5 Å². The van der Waals surface area contributed by atoms with Gasteiger partial charge >= 0.3 is 5.76 Å². The normalized spacial score (nSPS) is 13.3. The zero-order chi connectivity index (χ0) is 22.0. The van der Waals surface area contributed by atoms with E-state index in [1.54, 1.807) is 0 Å². The van der Waals surface area contributed by atoms with Gasteiger partial charge in [0.1, 0.15) is 5.75 Å². The van der Waals surface area contributed by atoms with Gasteiger partial charge in [-0.05, 0) is 49.1 Å². The van der Waals surface area contributed by atoms with Crippen molar-refractivity contribution < 1.29 is 18.9 Å². The number of hydrogen-bond acceptors (Lipinski definition) is 6. The van der Waals surface area contributed by atoms with E-state index in [2.05, 4.69) is 6.07 Å². The van der Waals surface area contributed by atoms with Gasteiger partial charge < -0.3 is 14.1 Å². The number of oxazole rings is 1. The van der Waals surface area contributed by atoms with Gasteiger partial charge in [0, 0.05) is 32.1 Å². The fourth-order valence-corrected chi connectivity index (χ4v) is 3.93. The molecule has 1 amide bonds. The number of rotatable bonds is 7. The van der Waals surface area contributed by atoms with Crippen molar-refractivity contribution in [3.05, 3.63) is 68.2 Å². The number of amides is 1. The minimum atomic E-state index is -0.585. The summed E-state index contributed by atoms with van der Waals surface area (Å²) in [6.07, 6.45) is 1.57. The minimum absolute atomic E-state index is 0.0314. The van der Waals surface area contributed by atoms with Crippen molar-refractivity contribution in [2.45, 2.75) is 39.3 Å². The highest BCUT2D eigenvalue weighted by molar-refractivity contribution is 5.77. The molecule has 0 unspecified atom stereocenters. The SMILES string of the molecule is CCOc1ccc2c(c1)CN(C(=O)CCCn1c(=O)oc3cc([N+](=O)[O-])ccc31)CC2. The number of hydrogen-bond donors (Lipinski definition) is 0. The quantitative estimate of drug-likeness (QED) is 0.425. The van der Waals surface area contributed by atoms with E-state index in [4.69, 9.17) is 9.15 Å². The molecule has 0 fully saturated rings. The van der Waals surface area contributed by atoms with Gasteiger partial charge in [0.2, 0.25) is 5.91 Å². The number of fused-ring (bicyclic) bond motifs is 2. The van der Waals surface area contributed by atoms with Crippen LogP contribution in [0, 0.1) is 10.1 Å². The summed E-state index contributed by atoms with van der Waals surface area (Å²) in [6, 6.07) is 10.1. The van der Waals surface area contributed by atoms with Gasteiger partial charge in [-0.2, -0.15) is 0 Å². The Labute approximate surface area is 178 Å². The minimum Gasteiger partial charge on any atom is -0.494 e. The molecule has 0 bridgehead atoms. The molecule has 1 aliphatic heterocycles. The molecular weight excluding hydrogens is 402 g/mol. The van der Waals surface area contributed by atoms with E-state index in [9.17, 15) is 19.7 Å². The summed E-state index contributed by atoms with van der Waals surface area (Å²) in [6.45, 7) is 4.04. The third-order valence-electron chi connectivity index (χ3n) is 5.49. The van der Waals surface area contributed by atoms with Crippen LogP contribution in [-0.4, -0.2) is 33.4 Å². The molecule has 1 aliphatic rings. The van der Waals surface area contributed by atoms with Crippen molar-refractivity contribution in [2.24, 2.45) is 0 Å². The number of aryl methyl sites for hydroxylation is 1. The molecule has 0 N–H and O–H groups in total. The maximum absolute atomic E-state index is 12.7. The van der Waals surface area contributed by atoms with Crippen LogP contribution in [0.2, 0.25) is 0 Å². The number of nitrogens with zero attached hydrogens (tertiary/aromatic N) is 3. The smallest absolute Gasteiger partial charge is 0.419 e. The Balaban J connectivity index is 1.39. The molecule has 31 heavy (non-hydrogen) atoms. The largest absolute Gasteiger partial charge is 0.494 e. The number of aromatic nitrogens is 1. The van der Waals surface area contributed by atoms with Crippen molar-refractivity contribution >= 4 is 22.7 Å². The number of carbonyl (C=O) groups is 1. The topological polar surface area (TPSA) is 108 Å². The van der Waals surface area contributed by atoms with E-state index in [-0.39, 0.29) is 17.2 Å². The molecule has 0 radical (unpaired) electrons. The lowest BCUT2D eigenvalue weighted by Crippen LogP contribution is -2.36. The average molecular weight is 425 g/mol. The molecule has 0 saturated heterocycles. The molecule has 162 valence electrons. The lowest BCUT2D eigenvalue weighted by Gasteiger charge is -2.29. The Hall–Kier alpha value is -3.62. The summed E-state index contributed by atoms with van der Waals surface area (Å²) in [7, 11) is 0. The van der Waals surface area contributed by atoms with Crippen LogP contribution in [0.4, 0.5) is 5.69 Å². The van der Waals surface area contributed by atoms with Crippen molar-refractivity contribution in [3.63, 3.8) is 0 Å². The summed E-state index contributed by atoms with van der Waals surface area (Å²) in [5.41, 5.74) is 2.85. The van der Waals surface area contributed by atoms with Gasteiger partial charge in [0.15, 0.2) is 5.58 Å². The third-order valence-corrected chi connectivity index (χ3v) is 5.49. The number of ether oxygens (including phenoxy) is 1. The van der Waals surface area contributed by atoms with Gasteiger partial charge in [-0.1, -0.05) is 6.07 Å². The fourth-order valence-electron chi connectivity index (χ4n) is 3.93.